The Hall–Kier alpha value is -3.19. The third kappa shape index (κ3) is 3.54. The van der Waals surface area contributed by atoms with Gasteiger partial charge in [0.1, 0.15) is 5.75 Å². The molecule has 4 aromatic rings. The maximum absolute atomic E-state index is 12.3. The normalized spacial score (nSPS) is 12.0. The highest BCUT2D eigenvalue weighted by atomic mass is 32.1. The van der Waals surface area contributed by atoms with E-state index in [0.29, 0.717) is 12.2 Å². The Bertz CT molecular complexity index is 1040. The van der Waals surface area contributed by atoms with Crippen LogP contribution in [-0.2, 0) is 0 Å². The van der Waals surface area contributed by atoms with Gasteiger partial charge in [-0.1, -0.05) is 30.3 Å². The zero-order chi connectivity index (χ0) is 18.6. The van der Waals surface area contributed by atoms with Crippen molar-refractivity contribution in [1.29, 1.82) is 0 Å². The molecular weight excluding hydrogens is 360 g/mol. The number of hydrogen-bond donors (Lipinski definition) is 2. The monoisotopic (exact) mass is 378 g/mol. The summed E-state index contributed by atoms with van der Waals surface area (Å²) in [4.78, 5) is 15.7. The minimum absolute atomic E-state index is 0.0115. The summed E-state index contributed by atoms with van der Waals surface area (Å²) in [5.41, 5.74) is 3.64. The molecule has 2 aromatic heterocycles. The van der Waals surface area contributed by atoms with Crippen LogP contribution < -0.4 is 10.1 Å². The number of rotatable bonds is 6. The molecular formula is C20H18N4O2S. The molecule has 0 fully saturated rings. The van der Waals surface area contributed by atoms with Crippen LogP contribution in [0.2, 0.25) is 0 Å². The van der Waals surface area contributed by atoms with Gasteiger partial charge in [0.15, 0.2) is 5.69 Å². The molecule has 136 valence electrons. The lowest BCUT2D eigenvalue weighted by atomic mass is 9.90. The van der Waals surface area contributed by atoms with E-state index >= 15 is 0 Å². The Labute approximate surface area is 160 Å². The first-order valence-corrected chi connectivity index (χ1v) is 9.25. The number of amides is 1. The van der Waals surface area contributed by atoms with Gasteiger partial charge in [-0.15, -0.1) is 0 Å². The van der Waals surface area contributed by atoms with Crippen molar-refractivity contribution in [3.8, 4) is 5.75 Å². The van der Waals surface area contributed by atoms with Crippen LogP contribution in [0.1, 0.15) is 27.5 Å². The minimum Gasteiger partial charge on any atom is -0.497 e. The first-order chi connectivity index (χ1) is 13.3. The Morgan fingerprint density at radius 1 is 1.22 bits per heavy atom. The fourth-order valence-electron chi connectivity index (χ4n) is 3.18. The maximum atomic E-state index is 12.3. The lowest BCUT2D eigenvalue weighted by molar-refractivity contribution is 0.0948. The van der Waals surface area contributed by atoms with Crippen molar-refractivity contribution in [3.63, 3.8) is 0 Å². The summed E-state index contributed by atoms with van der Waals surface area (Å²) in [6, 6.07) is 16.1. The average molecular weight is 378 g/mol. The molecule has 2 aromatic carbocycles. The molecule has 2 N–H and O–H groups in total. The van der Waals surface area contributed by atoms with Gasteiger partial charge in [-0.2, -0.15) is 8.75 Å². The van der Waals surface area contributed by atoms with Gasteiger partial charge in [0.05, 0.1) is 25.0 Å². The molecule has 1 atom stereocenters. The number of ether oxygens (including phenoxy) is 1. The van der Waals surface area contributed by atoms with Gasteiger partial charge in [0.2, 0.25) is 0 Å². The number of methoxy groups -OCH3 is 1. The largest absolute Gasteiger partial charge is 0.497 e. The molecule has 0 unspecified atom stereocenters. The van der Waals surface area contributed by atoms with E-state index in [0.717, 1.165) is 39.5 Å². The number of aromatic amines is 1. The molecule has 2 heterocycles. The summed E-state index contributed by atoms with van der Waals surface area (Å²) in [5.74, 6) is 0.568. The fraction of sp³-hybridized carbons (Fsp3) is 0.150. The van der Waals surface area contributed by atoms with E-state index in [1.807, 2.05) is 48.7 Å². The molecule has 0 bridgehead atoms. The molecule has 4 rings (SSSR count). The topological polar surface area (TPSA) is 79.9 Å². The number of aromatic nitrogens is 3. The molecule has 0 aliphatic carbocycles. The molecule has 0 aliphatic rings. The minimum atomic E-state index is -0.220. The van der Waals surface area contributed by atoms with E-state index in [1.54, 1.807) is 7.11 Å². The summed E-state index contributed by atoms with van der Waals surface area (Å²) in [5, 5.41) is 4.13. The van der Waals surface area contributed by atoms with Gasteiger partial charge in [-0.05, 0) is 29.3 Å². The van der Waals surface area contributed by atoms with Gasteiger partial charge in [-0.3, -0.25) is 4.79 Å². The average Bonchev–Trinajstić information content (AvgIpc) is 3.39. The number of benzene rings is 2. The van der Waals surface area contributed by atoms with Gasteiger partial charge in [-0.25, -0.2) is 0 Å². The van der Waals surface area contributed by atoms with Gasteiger partial charge in [0.25, 0.3) is 5.91 Å². The summed E-state index contributed by atoms with van der Waals surface area (Å²) in [6.45, 7) is 0.449. The molecule has 7 heteroatoms. The lowest BCUT2D eigenvalue weighted by Crippen LogP contribution is -2.29. The molecule has 0 aliphatic heterocycles. The second-order valence-electron chi connectivity index (χ2n) is 6.12. The van der Waals surface area contributed by atoms with E-state index in [9.17, 15) is 4.79 Å². The van der Waals surface area contributed by atoms with Crippen LogP contribution in [0.25, 0.3) is 10.9 Å². The number of para-hydroxylation sites is 1. The number of carbonyl (C=O) groups excluding carboxylic acids is 1. The number of carbonyl (C=O) groups is 1. The molecule has 6 nitrogen and oxygen atoms in total. The molecule has 27 heavy (non-hydrogen) atoms. The van der Waals surface area contributed by atoms with E-state index in [-0.39, 0.29) is 11.8 Å². The van der Waals surface area contributed by atoms with Gasteiger partial charge >= 0.3 is 0 Å². The summed E-state index contributed by atoms with van der Waals surface area (Å²) in [7, 11) is 1.65. The van der Waals surface area contributed by atoms with Crippen molar-refractivity contribution < 1.29 is 9.53 Å². The predicted molar refractivity (Wildman–Crippen MR) is 105 cm³/mol. The third-order valence-electron chi connectivity index (χ3n) is 4.58. The SMILES string of the molecule is COc1ccc([C@H](CNC(=O)c2cnsn2)c2c[nH]c3ccccc23)cc1. The highest BCUT2D eigenvalue weighted by Gasteiger charge is 2.20. The number of H-pyrrole nitrogens is 1. The number of hydrogen-bond acceptors (Lipinski definition) is 5. The number of fused-ring (bicyclic) bond motifs is 1. The summed E-state index contributed by atoms with van der Waals surface area (Å²) in [6.07, 6.45) is 3.49. The van der Waals surface area contributed by atoms with Crippen LogP contribution in [0.4, 0.5) is 0 Å². The first kappa shape index (κ1) is 17.2. The van der Waals surface area contributed by atoms with E-state index in [2.05, 4.69) is 25.1 Å². The Morgan fingerprint density at radius 3 is 2.78 bits per heavy atom. The molecule has 0 spiro atoms. The van der Waals surface area contributed by atoms with Gasteiger partial charge in [0, 0.05) is 29.6 Å². The van der Waals surface area contributed by atoms with Crippen LogP contribution in [0.3, 0.4) is 0 Å². The zero-order valence-electron chi connectivity index (χ0n) is 14.7. The second kappa shape index (κ2) is 7.59. The zero-order valence-corrected chi connectivity index (χ0v) is 15.5. The smallest absolute Gasteiger partial charge is 0.272 e. The van der Waals surface area contributed by atoms with Crippen molar-refractivity contribution >= 4 is 28.5 Å². The molecule has 0 radical (unpaired) electrons. The third-order valence-corrected chi connectivity index (χ3v) is 5.05. The van der Waals surface area contributed by atoms with Crippen LogP contribution in [0.15, 0.2) is 60.9 Å². The van der Waals surface area contributed by atoms with Crippen molar-refractivity contribution in [3.05, 3.63) is 77.7 Å². The van der Waals surface area contributed by atoms with Crippen molar-refractivity contribution in [1.82, 2.24) is 19.0 Å². The van der Waals surface area contributed by atoms with Crippen LogP contribution in [0, 0.1) is 0 Å². The summed E-state index contributed by atoms with van der Waals surface area (Å²) >= 11 is 1.02. The quantitative estimate of drug-likeness (QED) is 0.537. The van der Waals surface area contributed by atoms with Crippen LogP contribution in [-0.4, -0.2) is 33.3 Å². The van der Waals surface area contributed by atoms with E-state index in [1.165, 1.54) is 6.20 Å². The highest BCUT2D eigenvalue weighted by Crippen LogP contribution is 2.31. The Balaban J connectivity index is 1.67. The molecule has 1 amide bonds. The maximum Gasteiger partial charge on any atom is 0.272 e. The van der Waals surface area contributed by atoms with Crippen molar-refractivity contribution in [2.75, 3.05) is 13.7 Å². The second-order valence-corrected chi connectivity index (χ2v) is 6.67. The van der Waals surface area contributed by atoms with Crippen molar-refractivity contribution in [2.45, 2.75) is 5.92 Å². The van der Waals surface area contributed by atoms with Crippen LogP contribution >= 0.6 is 11.7 Å². The highest BCUT2D eigenvalue weighted by molar-refractivity contribution is 6.99. The number of nitrogens with zero attached hydrogens (tertiary/aromatic N) is 2. The predicted octanol–water partition coefficient (Wildman–Crippen LogP) is 3.59. The Morgan fingerprint density at radius 2 is 2.04 bits per heavy atom. The first-order valence-electron chi connectivity index (χ1n) is 8.52. The van der Waals surface area contributed by atoms with E-state index < -0.39 is 0 Å². The molecule has 0 saturated carbocycles. The number of nitrogens with one attached hydrogen (secondary N) is 2. The van der Waals surface area contributed by atoms with Crippen LogP contribution in [0.5, 0.6) is 5.75 Å². The fourth-order valence-corrected chi connectivity index (χ4v) is 3.59. The Kier molecular flexibility index (Phi) is 4.84. The summed E-state index contributed by atoms with van der Waals surface area (Å²) < 4.78 is 13.2. The van der Waals surface area contributed by atoms with E-state index in [4.69, 9.17) is 4.74 Å². The standard InChI is InChI=1S/C20H18N4O2S/c1-26-14-8-6-13(7-9-14)16(10-22-20(25)19-12-23-27-24-19)17-11-21-18-5-3-2-4-15(17)18/h2-9,11-12,16,21H,10H2,1H3,(H,22,25)/t16-/m0/s1. The molecule has 0 saturated heterocycles. The van der Waals surface area contributed by atoms with Crippen molar-refractivity contribution in [2.24, 2.45) is 0 Å². The lowest BCUT2D eigenvalue weighted by Gasteiger charge is -2.18. The van der Waals surface area contributed by atoms with Gasteiger partial charge < -0.3 is 15.0 Å².